The van der Waals surface area contributed by atoms with Crippen LogP contribution in [0.4, 0.5) is 0 Å². The van der Waals surface area contributed by atoms with E-state index in [1.807, 2.05) is 48.9 Å². The first-order valence-electron chi connectivity index (χ1n) is 15.2. The van der Waals surface area contributed by atoms with Gasteiger partial charge in [0.2, 0.25) is 0 Å². The molecular formula is C39H39BN2Si. The van der Waals surface area contributed by atoms with E-state index in [-0.39, 0.29) is 11.0 Å². The molecule has 1 aromatic heterocycles. The number of hydrogen-bond acceptors (Lipinski definition) is 1. The second-order valence-electron chi connectivity index (χ2n) is 10.9. The van der Waals surface area contributed by atoms with Gasteiger partial charge in [-0.1, -0.05) is 159 Å². The molecule has 0 aliphatic heterocycles. The van der Waals surface area contributed by atoms with E-state index in [0.29, 0.717) is 0 Å². The van der Waals surface area contributed by atoms with E-state index in [1.54, 1.807) is 0 Å². The SMILES string of the molecule is CCc1cccc(C([SiH2]c2ccccc2)(c2cccc(CC)c2)n2ccnc2)c1.[B]C(c1ccccc1)c1ccccc1. The summed E-state index contributed by atoms with van der Waals surface area (Å²) < 4.78 is 2.34. The Hall–Kier alpha value is -4.41. The minimum atomic E-state index is -0.794. The second kappa shape index (κ2) is 14.7. The summed E-state index contributed by atoms with van der Waals surface area (Å²) in [5, 5.41) is 1.24. The van der Waals surface area contributed by atoms with Crippen LogP contribution in [0, 0.1) is 0 Å². The topological polar surface area (TPSA) is 17.8 Å². The maximum Gasteiger partial charge on any atom is 0.0965 e. The highest BCUT2D eigenvalue weighted by molar-refractivity contribution is 6.57. The van der Waals surface area contributed by atoms with Crippen LogP contribution in [0.1, 0.15) is 53.0 Å². The predicted octanol–water partition coefficient (Wildman–Crippen LogP) is 7.20. The summed E-state index contributed by atoms with van der Waals surface area (Å²) in [5.74, 6) is -0.0163. The molecule has 0 saturated heterocycles. The van der Waals surface area contributed by atoms with E-state index in [4.69, 9.17) is 7.85 Å². The lowest BCUT2D eigenvalue weighted by molar-refractivity contribution is 0.595. The van der Waals surface area contributed by atoms with Gasteiger partial charge in [-0.15, -0.1) is 0 Å². The third-order valence-corrected chi connectivity index (χ3v) is 10.8. The quantitative estimate of drug-likeness (QED) is 0.167. The molecule has 6 aromatic rings. The van der Waals surface area contributed by atoms with Gasteiger partial charge in [-0.05, 0) is 52.0 Å². The summed E-state index contributed by atoms with van der Waals surface area (Å²) in [4.78, 5) is 4.45. The maximum absolute atomic E-state index is 6.12. The van der Waals surface area contributed by atoms with E-state index >= 15 is 0 Å². The number of hydrogen-bond donors (Lipinski definition) is 0. The van der Waals surface area contributed by atoms with Crippen LogP contribution >= 0.6 is 0 Å². The molecule has 0 unspecified atom stereocenters. The van der Waals surface area contributed by atoms with Crippen LogP contribution in [0.2, 0.25) is 0 Å². The van der Waals surface area contributed by atoms with E-state index in [9.17, 15) is 0 Å². The van der Waals surface area contributed by atoms with Crippen LogP contribution in [-0.4, -0.2) is 26.9 Å². The number of imidazole rings is 1. The van der Waals surface area contributed by atoms with Crippen molar-refractivity contribution < 1.29 is 0 Å². The zero-order chi connectivity index (χ0) is 29.9. The van der Waals surface area contributed by atoms with E-state index in [2.05, 4.69) is 133 Å². The van der Waals surface area contributed by atoms with Crippen molar-refractivity contribution in [3.8, 4) is 0 Å². The average molecular weight is 575 g/mol. The molecule has 0 amide bonds. The van der Waals surface area contributed by atoms with Gasteiger partial charge in [0, 0.05) is 12.4 Å². The van der Waals surface area contributed by atoms with Crippen LogP contribution in [0.25, 0.3) is 0 Å². The van der Waals surface area contributed by atoms with E-state index < -0.39 is 9.52 Å². The molecule has 0 N–H and O–H groups in total. The molecule has 0 atom stereocenters. The number of rotatable bonds is 9. The monoisotopic (exact) mass is 574 g/mol. The number of aryl methyl sites for hydroxylation is 2. The normalized spacial score (nSPS) is 11.4. The predicted molar refractivity (Wildman–Crippen MR) is 185 cm³/mol. The Morgan fingerprint density at radius 2 is 1.14 bits per heavy atom. The molecule has 0 aliphatic rings. The van der Waals surface area contributed by atoms with Gasteiger partial charge in [0.25, 0.3) is 0 Å². The zero-order valence-electron chi connectivity index (χ0n) is 25.2. The smallest absolute Gasteiger partial charge is 0.0965 e. The molecule has 0 aliphatic carbocycles. The van der Waals surface area contributed by atoms with Crippen molar-refractivity contribution in [3.63, 3.8) is 0 Å². The largest absolute Gasteiger partial charge is 0.326 e. The van der Waals surface area contributed by atoms with Crippen LogP contribution < -0.4 is 5.19 Å². The van der Waals surface area contributed by atoms with Gasteiger partial charge >= 0.3 is 0 Å². The fourth-order valence-electron chi connectivity index (χ4n) is 5.75. The maximum atomic E-state index is 6.12. The average Bonchev–Trinajstić information content (AvgIpc) is 3.64. The third-order valence-electron chi connectivity index (χ3n) is 8.19. The molecule has 212 valence electrons. The summed E-state index contributed by atoms with van der Waals surface area (Å²) in [6, 6.07) is 49.5. The van der Waals surface area contributed by atoms with Crippen molar-refractivity contribution >= 4 is 22.6 Å². The Bertz CT molecular complexity index is 1580. The van der Waals surface area contributed by atoms with Gasteiger partial charge in [-0.3, -0.25) is 0 Å². The molecular weight excluding hydrogens is 535 g/mol. The number of benzene rings is 5. The molecule has 4 heteroatoms. The van der Waals surface area contributed by atoms with Crippen molar-refractivity contribution in [1.29, 1.82) is 0 Å². The minimum absolute atomic E-state index is 0.0163. The second-order valence-corrected chi connectivity index (χ2v) is 13.1. The lowest BCUT2D eigenvalue weighted by Gasteiger charge is -2.37. The lowest BCUT2D eigenvalue weighted by atomic mass is 9.76. The van der Waals surface area contributed by atoms with Crippen LogP contribution in [0.15, 0.2) is 158 Å². The van der Waals surface area contributed by atoms with Gasteiger partial charge in [-0.25, -0.2) is 4.98 Å². The molecule has 2 radical (unpaired) electrons. The first kappa shape index (κ1) is 30.1. The van der Waals surface area contributed by atoms with Crippen molar-refractivity contribution in [2.75, 3.05) is 0 Å². The minimum Gasteiger partial charge on any atom is -0.326 e. The molecule has 1 heterocycles. The lowest BCUT2D eigenvalue weighted by Crippen LogP contribution is -2.46. The molecule has 5 aromatic carbocycles. The summed E-state index contributed by atoms with van der Waals surface area (Å²) >= 11 is 0. The number of aromatic nitrogens is 2. The Morgan fingerprint density at radius 1 is 0.651 bits per heavy atom. The Morgan fingerprint density at radius 3 is 1.58 bits per heavy atom. The van der Waals surface area contributed by atoms with Crippen molar-refractivity contribution in [3.05, 3.63) is 192 Å². The summed E-state index contributed by atoms with van der Waals surface area (Å²) in [5.41, 5.74) is 7.77. The number of nitrogens with zero attached hydrogens (tertiary/aromatic N) is 2. The Kier molecular flexibility index (Phi) is 10.3. The highest BCUT2D eigenvalue weighted by atomic mass is 28.2. The van der Waals surface area contributed by atoms with Crippen LogP contribution in [0.3, 0.4) is 0 Å². The molecule has 43 heavy (non-hydrogen) atoms. The van der Waals surface area contributed by atoms with Gasteiger partial charge in [-0.2, -0.15) is 0 Å². The fourth-order valence-corrected chi connectivity index (χ4v) is 8.06. The third kappa shape index (κ3) is 7.15. The summed E-state index contributed by atoms with van der Waals surface area (Å²) in [7, 11) is 5.32. The summed E-state index contributed by atoms with van der Waals surface area (Å²) in [6.07, 6.45) is 8.10. The highest BCUT2D eigenvalue weighted by Gasteiger charge is 2.37. The summed E-state index contributed by atoms with van der Waals surface area (Å²) in [6.45, 7) is 4.45. The highest BCUT2D eigenvalue weighted by Crippen LogP contribution is 2.34. The molecule has 6 rings (SSSR count). The Balaban J connectivity index is 0.000000220. The van der Waals surface area contributed by atoms with Crippen molar-refractivity contribution in [2.45, 2.75) is 37.7 Å². The molecule has 0 saturated carbocycles. The van der Waals surface area contributed by atoms with Crippen molar-refractivity contribution in [1.82, 2.24) is 9.55 Å². The van der Waals surface area contributed by atoms with Gasteiger partial charge in [0.05, 0.1) is 28.9 Å². The van der Waals surface area contributed by atoms with Crippen LogP contribution in [0.5, 0.6) is 0 Å². The van der Waals surface area contributed by atoms with Crippen LogP contribution in [-0.2, 0) is 18.0 Å². The molecule has 2 nitrogen and oxygen atoms in total. The molecule has 0 spiro atoms. The van der Waals surface area contributed by atoms with E-state index in [1.165, 1.54) is 27.4 Å². The zero-order valence-corrected chi connectivity index (χ0v) is 26.6. The first-order chi connectivity index (χ1) is 21.1. The standard InChI is InChI=1S/C26H28N2Si.C13H11B/c1-3-21-10-8-12-23(18-21)26(28-17-16-27-20-28,29-25-14-6-5-7-15-25)24-13-9-11-22(4-2)19-24;14-13(11-7-3-1-4-8-11)12-9-5-2-6-10-12/h5-20H,3-4,29H2,1-2H3;1-10,13H. The van der Waals surface area contributed by atoms with Crippen molar-refractivity contribution in [2.24, 2.45) is 0 Å². The van der Waals surface area contributed by atoms with Gasteiger partial charge < -0.3 is 4.57 Å². The fraction of sp³-hybridized carbons (Fsp3) is 0.154. The first-order valence-corrected chi connectivity index (χ1v) is 16.6. The van der Waals surface area contributed by atoms with Gasteiger partial charge in [0.1, 0.15) is 0 Å². The van der Waals surface area contributed by atoms with Gasteiger partial charge in [0.15, 0.2) is 0 Å². The molecule has 0 fully saturated rings. The van der Waals surface area contributed by atoms with E-state index in [0.717, 1.165) is 24.0 Å². The molecule has 0 bridgehead atoms. The Labute approximate surface area is 260 Å².